The summed E-state index contributed by atoms with van der Waals surface area (Å²) in [4.78, 5) is 2.18. The summed E-state index contributed by atoms with van der Waals surface area (Å²) in [5.74, 6) is 0. The van der Waals surface area contributed by atoms with Gasteiger partial charge in [-0.05, 0) is 42.0 Å². The van der Waals surface area contributed by atoms with Crippen LogP contribution in [0.1, 0.15) is 11.7 Å². The van der Waals surface area contributed by atoms with Crippen molar-refractivity contribution in [3.05, 3.63) is 103 Å². The van der Waals surface area contributed by atoms with Crippen LogP contribution in [0.3, 0.4) is 0 Å². The van der Waals surface area contributed by atoms with Gasteiger partial charge in [0.2, 0.25) is 0 Å². The minimum Gasteiger partial charge on any atom is -0.384 e. The third kappa shape index (κ3) is 3.33. The van der Waals surface area contributed by atoms with Gasteiger partial charge in [0.05, 0.1) is 6.10 Å². The van der Waals surface area contributed by atoms with Crippen molar-refractivity contribution in [1.29, 1.82) is 0 Å². The van der Waals surface area contributed by atoms with E-state index in [1.54, 1.807) is 0 Å². The number of nitrogens with zero attached hydrogens (tertiary/aromatic N) is 1. The quantitative estimate of drug-likeness (QED) is 0.640. The van der Waals surface area contributed by atoms with Crippen LogP contribution in [0.5, 0.6) is 0 Å². The molecule has 23 heavy (non-hydrogen) atoms. The smallest absolute Gasteiger partial charge is 0.0969 e. The van der Waals surface area contributed by atoms with Crippen molar-refractivity contribution in [2.45, 2.75) is 6.10 Å². The fourth-order valence-electron chi connectivity index (χ4n) is 2.56. The summed E-state index contributed by atoms with van der Waals surface area (Å²) in [7, 11) is 0. The topological polar surface area (TPSA) is 23.5 Å². The highest BCUT2D eigenvalue weighted by Gasteiger charge is 2.12. The van der Waals surface area contributed by atoms with Crippen LogP contribution in [0.15, 0.2) is 97.6 Å². The van der Waals surface area contributed by atoms with E-state index in [0.717, 1.165) is 22.6 Å². The number of hydrogen-bond acceptors (Lipinski definition) is 2. The van der Waals surface area contributed by atoms with E-state index in [9.17, 15) is 5.11 Å². The third-order valence-electron chi connectivity index (χ3n) is 3.74. The number of rotatable bonds is 5. The Bertz CT molecular complexity index is 711. The fourth-order valence-corrected chi connectivity index (χ4v) is 2.56. The molecule has 0 aliphatic carbocycles. The van der Waals surface area contributed by atoms with Crippen LogP contribution in [-0.4, -0.2) is 5.11 Å². The van der Waals surface area contributed by atoms with E-state index < -0.39 is 6.10 Å². The first-order valence-corrected chi connectivity index (χ1v) is 7.60. The standard InChI is InChI=1S/C21H19NO/c1-2-21(23)17-13-15-20(16-14-17)22(18-9-5-3-6-10-18)19-11-7-4-8-12-19/h2-16,21,23H,1H2. The molecule has 0 spiro atoms. The zero-order chi connectivity index (χ0) is 16.1. The van der Waals surface area contributed by atoms with Crippen LogP contribution in [0, 0.1) is 0 Å². The van der Waals surface area contributed by atoms with Gasteiger partial charge in [-0.2, -0.15) is 0 Å². The molecule has 3 aromatic carbocycles. The van der Waals surface area contributed by atoms with E-state index in [1.807, 2.05) is 60.7 Å². The summed E-state index contributed by atoms with van der Waals surface area (Å²) in [6, 6.07) is 28.4. The fraction of sp³-hybridized carbons (Fsp3) is 0.0476. The first kappa shape index (κ1) is 15.1. The van der Waals surface area contributed by atoms with E-state index in [-0.39, 0.29) is 0 Å². The number of aliphatic hydroxyl groups excluding tert-OH is 1. The van der Waals surface area contributed by atoms with Gasteiger partial charge in [0.1, 0.15) is 0 Å². The summed E-state index contributed by atoms with van der Waals surface area (Å²) in [6.07, 6.45) is 0.896. The molecule has 3 rings (SSSR count). The van der Waals surface area contributed by atoms with Gasteiger partial charge in [0.25, 0.3) is 0 Å². The average molecular weight is 301 g/mol. The molecule has 0 amide bonds. The van der Waals surface area contributed by atoms with Crippen molar-refractivity contribution in [2.24, 2.45) is 0 Å². The number of aliphatic hydroxyl groups is 1. The lowest BCUT2D eigenvalue weighted by molar-refractivity contribution is 0.229. The monoisotopic (exact) mass is 301 g/mol. The molecule has 1 atom stereocenters. The molecule has 114 valence electrons. The van der Waals surface area contributed by atoms with E-state index in [1.165, 1.54) is 6.08 Å². The highest BCUT2D eigenvalue weighted by atomic mass is 16.3. The maximum atomic E-state index is 9.86. The average Bonchev–Trinajstić information content (AvgIpc) is 2.64. The Morgan fingerprint density at radius 2 is 1.13 bits per heavy atom. The van der Waals surface area contributed by atoms with Gasteiger partial charge in [-0.15, -0.1) is 6.58 Å². The predicted octanol–water partition coefficient (Wildman–Crippen LogP) is 5.38. The summed E-state index contributed by atoms with van der Waals surface area (Å²) in [6.45, 7) is 3.63. The van der Waals surface area contributed by atoms with Gasteiger partial charge in [0.15, 0.2) is 0 Å². The van der Waals surface area contributed by atoms with E-state index in [4.69, 9.17) is 0 Å². The van der Waals surface area contributed by atoms with Crippen molar-refractivity contribution in [2.75, 3.05) is 4.90 Å². The lowest BCUT2D eigenvalue weighted by atomic mass is 10.1. The summed E-state index contributed by atoms with van der Waals surface area (Å²) in [5, 5.41) is 9.86. The molecule has 0 saturated heterocycles. The van der Waals surface area contributed by atoms with Gasteiger partial charge >= 0.3 is 0 Å². The van der Waals surface area contributed by atoms with E-state index in [2.05, 4.69) is 35.7 Å². The Hall–Kier alpha value is -2.84. The van der Waals surface area contributed by atoms with Crippen molar-refractivity contribution in [3.63, 3.8) is 0 Å². The lowest BCUT2D eigenvalue weighted by Crippen LogP contribution is -2.09. The molecule has 2 nitrogen and oxygen atoms in total. The molecule has 0 aromatic heterocycles. The number of anilines is 3. The number of para-hydroxylation sites is 2. The summed E-state index contributed by atoms with van der Waals surface area (Å²) in [5.41, 5.74) is 4.07. The largest absolute Gasteiger partial charge is 0.384 e. The SMILES string of the molecule is C=CC(O)c1ccc(N(c2ccccc2)c2ccccc2)cc1. The molecule has 0 bridgehead atoms. The van der Waals surface area contributed by atoms with Crippen LogP contribution in [0.4, 0.5) is 17.1 Å². The van der Waals surface area contributed by atoms with E-state index in [0.29, 0.717) is 0 Å². The number of benzene rings is 3. The highest BCUT2D eigenvalue weighted by molar-refractivity contribution is 5.76. The van der Waals surface area contributed by atoms with Crippen LogP contribution >= 0.6 is 0 Å². The maximum Gasteiger partial charge on any atom is 0.0969 e. The van der Waals surface area contributed by atoms with Crippen molar-refractivity contribution in [3.8, 4) is 0 Å². The Kier molecular flexibility index (Phi) is 4.55. The molecule has 0 heterocycles. The van der Waals surface area contributed by atoms with Gasteiger partial charge in [-0.1, -0.05) is 54.6 Å². The Labute approximate surface area is 137 Å². The van der Waals surface area contributed by atoms with Crippen molar-refractivity contribution < 1.29 is 5.11 Å². The Morgan fingerprint density at radius 1 is 0.696 bits per heavy atom. The first-order valence-electron chi connectivity index (χ1n) is 7.60. The zero-order valence-electron chi connectivity index (χ0n) is 12.8. The second-order valence-corrected chi connectivity index (χ2v) is 5.28. The molecule has 0 saturated carbocycles. The molecule has 0 fully saturated rings. The van der Waals surface area contributed by atoms with Crippen LogP contribution in [0.2, 0.25) is 0 Å². The zero-order valence-corrected chi connectivity index (χ0v) is 12.8. The van der Waals surface area contributed by atoms with Gasteiger partial charge in [-0.25, -0.2) is 0 Å². The molecule has 1 N–H and O–H groups in total. The highest BCUT2D eigenvalue weighted by Crippen LogP contribution is 2.34. The molecule has 3 aromatic rings. The summed E-state index contributed by atoms with van der Waals surface area (Å²) >= 11 is 0. The number of hydrogen-bond donors (Lipinski definition) is 1. The predicted molar refractivity (Wildman–Crippen MR) is 96.3 cm³/mol. The van der Waals surface area contributed by atoms with Crippen molar-refractivity contribution in [1.82, 2.24) is 0 Å². The van der Waals surface area contributed by atoms with Gasteiger partial charge < -0.3 is 10.0 Å². The van der Waals surface area contributed by atoms with Crippen LogP contribution < -0.4 is 4.90 Å². The second-order valence-electron chi connectivity index (χ2n) is 5.28. The van der Waals surface area contributed by atoms with Gasteiger partial charge in [-0.3, -0.25) is 0 Å². The third-order valence-corrected chi connectivity index (χ3v) is 3.74. The molecule has 1 unspecified atom stereocenters. The molecule has 0 radical (unpaired) electrons. The minimum atomic E-state index is -0.633. The Balaban J connectivity index is 2.04. The first-order chi connectivity index (χ1) is 11.3. The van der Waals surface area contributed by atoms with Gasteiger partial charge in [0, 0.05) is 17.1 Å². The summed E-state index contributed by atoms with van der Waals surface area (Å²) < 4.78 is 0. The van der Waals surface area contributed by atoms with Crippen molar-refractivity contribution >= 4 is 17.1 Å². The van der Waals surface area contributed by atoms with Crippen LogP contribution in [-0.2, 0) is 0 Å². The molecular formula is C21H19NO. The van der Waals surface area contributed by atoms with Crippen LogP contribution in [0.25, 0.3) is 0 Å². The normalized spacial score (nSPS) is 11.7. The maximum absolute atomic E-state index is 9.86. The van der Waals surface area contributed by atoms with E-state index >= 15 is 0 Å². The second kappa shape index (κ2) is 6.95. The molecule has 2 heteroatoms. The molecular weight excluding hydrogens is 282 g/mol. The Morgan fingerprint density at radius 3 is 1.57 bits per heavy atom. The minimum absolute atomic E-state index is 0.633. The molecule has 0 aliphatic heterocycles. The lowest BCUT2D eigenvalue weighted by Gasteiger charge is -2.25. The molecule has 0 aliphatic rings.